The zero-order chi connectivity index (χ0) is 14.9. The zero-order valence-corrected chi connectivity index (χ0v) is 11.6. The molecule has 7 heteroatoms. The minimum Gasteiger partial charge on any atom is -0.451 e. The summed E-state index contributed by atoms with van der Waals surface area (Å²) >= 11 is 0. The predicted molar refractivity (Wildman–Crippen MR) is 76.4 cm³/mol. The second-order valence-corrected chi connectivity index (χ2v) is 5.05. The molecule has 0 radical (unpaired) electrons. The molecule has 0 aliphatic carbocycles. The molecule has 0 saturated carbocycles. The Kier molecular flexibility index (Phi) is 3.12. The van der Waals surface area contributed by atoms with Gasteiger partial charge in [0, 0.05) is 12.0 Å². The molecule has 4 rings (SSSR count). The van der Waals surface area contributed by atoms with Crippen LogP contribution >= 0.6 is 0 Å². The van der Waals surface area contributed by atoms with Crippen LogP contribution in [0, 0.1) is 0 Å². The van der Waals surface area contributed by atoms with E-state index in [0.717, 1.165) is 18.2 Å². The maximum atomic E-state index is 12.2. The second kappa shape index (κ2) is 5.27. The van der Waals surface area contributed by atoms with Crippen LogP contribution in [0.5, 0.6) is 0 Å². The number of para-hydroxylation sites is 1. The first-order valence-electron chi connectivity index (χ1n) is 7.04. The predicted octanol–water partition coefficient (Wildman–Crippen LogP) is 2.92. The molecule has 1 unspecified atom stereocenters. The number of nitrogens with zero attached hydrogens (tertiary/aromatic N) is 2. The molecular formula is C15H13N3O4. The third kappa shape index (κ3) is 2.35. The maximum Gasteiger partial charge on any atom is 0.322 e. The highest BCUT2D eigenvalue weighted by atomic mass is 16.5. The Balaban J connectivity index is 1.51. The summed E-state index contributed by atoms with van der Waals surface area (Å²) < 4.78 is 16.3. The van der Waals surface area contributed by atoms with Gasteiger partial charge >= 0.3 is 6.01 Å². The molecule has 3 heterocycles. The average molecular weight is 299 g/mol. The Morgan fingerprint density at radius 3 is 2.95 bits per heavy atom. The Hall–Kier alpha value is -2.67. The van der Waals surface area contributed by atoms with Gasteiger partial charge in [-0.3, -0.25) is 10.1 Å². The van der Waals surface area contributed by atoms with Gasteiger partial charge in [0.2, 0.25) is 5.89 Å². The number of amides is 1. The number of carbonyl (C=O) groups is 1. The average Bonchev–Trinajstić information content (AvgIpc) is 3.26. The van der Waals surface area contributed by atoms with E-state index in [1.54, 1.807) is 12.1 Å². The number of nitrogens with one attached hydrogen (secondary N) is 1. The van der Waals surface area contributed by atoms with Crippen LogP contribution in [0.1, 0.15) is 35.4 Å². The van der Waals surface area contributed by atoms with Crippen LogP contribution < -0.4 is 5.32 Å². The molecule has 0 spiro atoms. The lowest BCUT2D eigenvalue weighted by atomic mass is 10.2. The molecule has 1 N–H and O–H groups in total. The van der Waals surface area contributed by atoms with Crippen LogP contribution in [0.4, 0.5) is 6.01 Å². The number of benzene rings is 1. The summed E-state index contributed by atoms with van der Waals surface area (Å²) in [5.41, 5.74) is 0.651. The van der Waals surface area contributed by atoms with E-state index in [9.17, 15) is 4.79 Å². The molecule has 0 bridgehead atoms. The quantitative estimate of drug-likeness (QED) is 0.799. The van der Waals surface area contributed by atoms with E-state index in [1.807, 2.05) is 18.2 Å². The molecule has 1 saturated heterocycles. The summed E-state index contributed by atoms with van der Waals surface area (Å²) in [5.74, 6) is 0.147. The Labute approximate surface area is 125 Å². The summed E-state index contributed by atoms with van der Waals surface area (Å²) in [6, 6.07) is 9.11. The SMILES string of the molecule is O=C(Nc1nnc(C2CCCO2)o1)c1cc2ccccc2o1. The van der Waals surface area contributed by atoms with Crippen molar-refractivity contribution in [2.24, 2.45) is 0 Å². The van der Waals surface area contributed by atoms with Gasteiger partial charge in [-0.25, -0.2) is 0 Å². The monoisotopic (exact) mass is 299 g/mol. The van der Waals surface area contributed by atoms with Crippen molar-refractivity contribution >= 4 is 22.9 Å². The number of hydrogen-bond donors (Lipinski definition) is 1. The molecule has 1 fully saturated rings. The van der Waals surface area contributed by atoms with E-state index in [1.165, 1.54) is 0 Å². The van der Waals surface area contributed by atoms with E-state index in [-0.39, 0.29) is 17.9 Å². The van der Waals surface area contributed by atoms with Gasteiger partial charge < -0.3 is 13.6 Å². The number of anilines is 1. The molecule has 3 aromatic rings. The van der Waals surface area contributed by atoms with Gasteiger partial charge in [0.25, 0.3) is 5.91 Å². The van der Waals surface area contributed by atoms with Crippen LogP contribution in [0.25, 0.3) is 11.0 Å². The largest absolute Gasteiger partial charge is 0.451 e. The number of carbonyl (C=O) groups excluding carboxylic acids is 1. The van der Waals surface area contributed by atoms with Crippen molar-refractivity contribution in [1.82, 2.24) is 10.2 Å². The van der Waals surface area contributed by atoms with Crippen molar-refractivity contribution in [3.63, 3.8) is 0 Å². The standard InChI is InChI=1S/C15H13N3O4/c19-13(12-8-9-4-1-2-5-10(9)21-12)16-15-18-17-14(22-15)11-6-3-7-20-11/h1-2,4-5,8,11H,3,6-7H2,(H,16,18,19). The summed E-state index contributed by atoms with van der Waals surface area (Å²) in [6.07, 6.45) is 1.64. The molecule has 7 nitrogen and oxygen atoms in total. The van der Waals surface area contributed by atoms with Crippen molar-refractivity contribution in [2.75, 3.05) is 11.9 Å². The first-order valence-corrected chi connectivity index (χ1v) is 7.04. The van der Waals surface area contributed by atoms with E-state index in [2.05, 4.69) is 15.5 Å². The fraction of sp³-hybridized carbons (Fsp3) is 0.267. The second-order valence-electron chi connectivity index (χ2n) is 5.05. The van der Waals surface area contributed by atoms with Crippen LogP contribution in [0.3, 0.4) is 0 Å². The number of aromatic nitrogens is 2. The van der Waals surface area contributed by atoms with Crippen molar-refractivity contribution in [2.45, 2.75) is 18.9 Å². The number of ether oxygens (including phenoxy) is 1. The van der Waals surface area contributed by atoms with E-state index in [0.29, 0.717) is 18.1 Å². The third-order valence-corrected chi connectivity index (χ3v) is 3.52. The summed E-state index contributed by atoms with van der Waals surface area (Å²) in [4.78, 5) is 12.2. The molecule has 1 aromatic carbocycles. The molecule has 1 aliphatic rings. The Bertz CT molecular complexity index is 784. The molecule has 1 amide bonds. The van der Waals surface area contributed by atoms with Gasteiger partial charge in [-0.05, 0) is 25.0 Å². The van der Waals surface area contributed by atoms with Gasteiger partial charge in [0.15, 0.2) is 5.76 Å². The topological polar surface area (TPSA) is 90.4 Å². The van der Waals surface area contributed by atoms with Gasteiger partial charge in [-0.2, -0.15) is 0 Å². The smallest absolute Gasteiger partial charge is 0.322 e. The molecule has 2 aromatic heterocycles. The van der Waals surface area contributed by atoms with Crippen molar-refractivity contribution < 1.29 is 18.4 Å². The molecule has 22 heavy (non-hydrogen) atoms. The number of hydrogen-bond acceptors (Lipinski definition) is 6. The van der Waals surface area contributed by atoms with Crippen molar-refractivity contribution in [3.05, 3.63) is 42.0 Å². The summed E-state index contributed by atoms with van der Waals surface area (Å²) in [5, 5.41) is 11.1. The Morgan fingerprint density at radius 1 is 1.23 bits per heavy atom. The first kappa shape index (κ1) is 13.0. The lowest BCUT2D eigenvalue weighted by Gasteiger charge is -2.01. The maximum absolute atomic E-state index is 12.2. The van der Waals surface area contributed by atoms with Crippen LogP contribution in [-0.2, 0) is 4.74 Å². The van der Waals surface area contributed by atoms with Crippen molar-refractivity contribution in [1.29, 1.82) is 0 Å². The van der Waals surface area contributed by atoms with Crippen LogP contribution in [0.15, 0.2) is 39.2 Å². The number of rotatable bonds is 3. The highest BCUT2D eigenvalue weighted by Gasteiger charge is 2.24. The fourth-order valence-electron chi connectivity index (χ4n) is 2.44. The lowest BCUT2D eigenvalue weighted by molar-refractivity contribution is 0.0891. The molecule has 1 aliphatic heterocycles. The van der Waals surface area contributed by atoms with Gasteiger partial charge in [-0.15, -0.1) is 5.10 Å². The fourth-order valence-corrected chi connectivity index (χ4v) is 2.44. The molecular weight excluding hydrogens is 286 g/mol. The van der Waals surface area contributed by atoms with E-state index >= 15 is 0 Å². The van der Waals surface area contributed by atoms with Crippen LogP contribution in [-0.4, -0.2) is 22.7 Å². The molecule has 112 valence electrons. The minimum atomic E-state index is -0.432. The van der Waals surface area contributed by atoms with E-state index < -0.39 is 5.91 Å². The minimum absolute atomic E-state index is 0.0379. The summed E-state index contributed by atoms with van der Waals surface area (Å²) in [7, 11) is 0. The van der Waals surface area contributed by atoms with Gasteiger partial charge in [-0.1, -0.05) is 23.3 Å². The zero-order valence-electron chi connectivity index (χ0n) is 11.6. The highest BCUT2D eigenvalue weighted by molar-refractivity contribution is 6.03. The number of furan rings is 1. The van der Waals surface area contributed by atoms with Crippen molar-refractivity contribution in [3.8, 4) is 0 Å². The third-order valence-electron chi connectivity index (χ3n) is 3.52. The number of fused-ring (bicyclic) bond motifs is 1. The highest BCUT2D eigenvalue weighted by Crippen LogP contribution is 2.28. The van der Waals surface area contributed by atoms with Gasteiger partial charge in [0.05, 0.1) is 0 Å². The first-order chi connectivity index (χ1) is 10.8. The summed E-state index contributed by atoms with van der Waals surface area (Å²) in [6.45, 7) is 0.688. The normalized spacial score (nSPS) is 17.9. The molecule has 1 atom stereocenters. The van der Waals surface area contributed by atoms with Gasteiger partial charge in [0.1, 0.15) is 11.7 Å². The lowest BCUT2D eigenvalue weighted by Crippen LogP contribution is -2.11. The van der Waals surface area contributed by atoms with Crippen LogP contribution in [0.2, 0.25) is 0 Å². The van der Waals surface area contributed by atoms with E-state index in [4.69, 9.17) is 13.6 Å². The Morgan fingerprint density at radius 2 is 2.14 bits per heavy atom.